The van der Waals surface area contributed by atoms with Gasteiger partial charge in [-0.25, -0.2) is 30.7 Å². The van der Waals surface area contributed by atoms with Crippen LogP contribution in [0.4, 0.5) is 10.5 Å². The number of urea groups is 1. The van der Waals surface area contributed by atoms with Crippen molar-refractivity contribution in [3.05, 3.63) is 17.2 Å². The number of amides is 2. The first-order chi connectivity index (χ1) is 9.11. The molecular formula is C9H10ClN3O5S2. The number of sulfonamides is 2. The molecular weight excluding hydrogens is 330 g/mol. The smallest absolute Gasteiger partial charge is 0.306 e. The summed E-state index contributed by atoms with van der Waals surface area (Å²) in [5.41, 5.74) is -0.0619. The van der Waals surface area contributed by atoms with E-state index in [9.17, 15) is 21.6 Å². The van der Waals surface area contributed by atoms with E-state index in [0.29, 0.717) is 4.31 Å². The van der Waals surface area contributed by atoms with Gasteiger partial charge in [0.15, 0.2) is 0 Å². The maximum Gasteiger partial charge on any atom is 0.335 e. The van der Waals surface area contributed by atoms with Gasteiger partial charge in [0.05, 0.1) is 10.7 Å². The molecule has 2 N–H and O–H groups in total. The van der Waals surface area contributed by atoms with Crippen molar-refractivity contribution in [3.63, 3.8) is 0 Å². The fraction of sp³-hybridized carbons (Fsp3) is 0.222. The fourth-order valence-corrected chi connectivity index (χ4v) is 4.18. The zero-order valence-electron chi connectivity index (χ0n) is 10.3. The Morgan fingerprint density at radius 2 is 1.95 bits per heavy atom. The van der Waals surface area contributed by atoms with Crippen molar-refractivity contribution in [2.24, 2.45) is 0 Å². The maximum atomic E-state index is 12.1. The third-order valence-corrected chi connectivity index (χ3v) is 6.42. The van der Waals surface area contributed by atoms with Crippen LogP contribution in [0.5, 0.6) is 0 Å². The number of benzene rings is 1. The van der Waals surface area contributed by atoms with E-state index in [2.05, 4.69) is 5.32 Å². The number of carbonyl (C=O) groups is 1. The average molecular weight is 340 g/mol. The molecule has 0 saturated heterocycles. The van der Waals surface area contributed by atoms with E-state index < -0.39 is 26.1 Å². The number of fused-ring (bicyclic) bond motifs is 1. The minimum Gasteiger partial charge on any atom is -0.306 e. The molecule has 1 heterocycles. The molecule has 0 unspecified atom stereocenters. The number of hydrogen-bond donors (Lipinski definition) is 2. The Kier molecular flexibility index (Phi) is 3.45. The molecule has 0 spiro atoms. The Hall–Kier alpha value is -1.36. The van der Waals surface area contributed by atoms with E-state index in [1.54, 1.807) is 0 Å². The van der Waals surface area contributed by atoms with Gasteiger partial charge in [-0.15, -0.1) is 0 Å². The summed E-state index contributed by atoms with van der Waals surface area (Å²) in [5.74, 6) is 0. The van der Waals surface area contributed by atoms with Crippen molar-refractivity contribution >= 4 is 43.4 Å². The van der Waals surface area contributed by atoms with Gasteiger partial charge in [-0.3, -0.25) is 0 Å². The predicted molar refractivity (Wildman–Crippen MR) is 71.7 cm³/mol. The zero-order valence-corrected chi connectivity index (χ0v) is 12.7. The molecule has 0 atom stereocenters. The summed E-state index contributed by atoms with van der Waals surface area (Å²) in [7, 11) is -5.79. The van der Waals surface area contributed by atoms with Crippen LogP contribution in [-0.2, 0) is 20.0 Å². The largest absolute Gasteiger partial charge is 0.335 e. The predicted octanol–water partition coefficient (Wildman–Crippen LogP) is 0.414. The number of rotatable bonds is 2. The van der Waals surface area contributed by atoms with Crippen LogP contribution in [0, 0.1) is 0 Å². The van der Waals surface area contributed by atoms with Crippen molar-refractivity contribution in [2.45, 2.75) is 9.79 Å². The summed E-state index contributed by atoms with van der Waals surface area (Å²) in [5, 5.41) is 2.11. The summed E-state index contributed by atoms with van der Waals surface area (Å²) in [6.07, 6.45) is 0. The number of carbonyl (C=O) groups excluding carboxylic acids is 1. The number of hydrogen-bond acceptors (Lipinski definition) is 5. The van der Waals surface area contributed by atoms with E-state index in [-0.39, 0.29) is 20.5 Å². The second-order valence-electron chi connectivity index (χ2n) is 3.89. The fourth-order valence-electron chi connectivity index (χ4n) is 1.61. The molecule has 20 heavy (non-hydrogen) atoms. The highest BCUT2D eigenvalue weighted by Crippen LogP contribution is 2.35. The lowest BCUT2D eigenvalue weighted by Gasteiger charge is -2.26. The molecule has 0 aromatic heterocycles. The number of nitrogens with one attached hydrogen (secondary N) is 2. The van der Waals surface area contributed by atoms with Crippen LogP contribution in [-0.4, -0.2) is 41.3 Å². The lowest BCUT2D eigenvalue weighted by Crippen LogP contribution is -2.41. The highest BCUT2D eigenvalue weighted by molar-refractivity contribution is 7.90. The summed E-state index contributed by atoms with van der Waals surface area (Å²) in [6.45, 7) is 0. The second-order valence-corrected chi connectivity index (χ2v) is 8.09. The molecule has 1 aliphatic heterocycles. The lowest BCUT2D eigenvalue weighted by molar-refractivity contribution is 0.240. The Balaban J connectivity index is 2.80. The molecule has 1 aromatic carbocycles. The standard InChI is InChI=1S/C9H10ClN3O5S2/c1-11-19(15,16)7-4-8-6(3-5(7)10)12-9(14)13(2)20(8,17)18/h3-4,11H,1-2H3,(H,12,14). The first kappa shape index (κ1) is 15.0. The van der Waals surface area contributed by atoms with Crippen molar-refractivity contribution < 1.29 is 21.6 Å². The molecule has 0 bridgehead atoms. The van der Waals surface area contributed by atoms with Crippen molar-refractivity contribution in [1.82, 2.24) is 9.03 Å². The van der Waals surface area contributed by atoms with E-state index in [1.807, 2.05) is 4.72 Å². The van der Waals surface area contributed by atoms with Crippen LogP contribution in [0.15, 0.2) is 21.9 Å². The van der Waals surface area contributed by atoms with Crippen LogP contribution in [0.2, 0.25) is 5.02 Å². The van der Waals surface area contributed by atoms with Gasteiger partial charge in [-0.1, -0.05) is 11.6 Å². The third kappa shape index (κ3) is 2.14. The number of anilines is 1. The van der Waals surface area contributed by atoms with E-state index in [1.165, 1.54) is 7.05 Å². The molecule has 1 aromatic rings. The summed E-state index contributed by atoms with van der Waals surface area (Å²) in [6, 6.07) is 1.15. The SMILES string of the molecule is CNS(=O)(=O)c1cc2c(cc1Cl)NC(=O)N(C)S2(=O)=O. The molecule has 0 aliphatic carbocycles. The topological polar surface area (TPSA) is 113 Å². The van der Waals surface area contributed by atoms with Crippen LogP contribution >= 0.6 is 11.6 Å². The van der Waals surface area contributed by atoms with Gasteiger partial charge in [0.1, 0.15) is 9.79 Å². The van der Waals surface area contributed by atoms with Gasteiger partial charge in [-0.2, -0.15) is 0 Å². The monoisotopic (exact) mass is 339 g/mol. The third-order valence-electron chi connectivity index (χ3n) is 2.76. The molecule has 0 radical (unpaired) electrons. The maximum absolute atomic E-state index is 12.1. The Labute approximate surface area is 120 Å². The van der Waals surface area contributed by atoms with Crippen LogP contribution < -0.4 is 10.0 Å². The van der Waals surface area contributed by atoms with E-state index in [4.69, 9.17) is 11.6 Å². The molecule has 110 valence electrons. The van der Waals surface area contributed by atoms with Crippen LogP contribution in [0.3, 0.4) is 0 Å². The normalized spacial score (nSPS) is 17.6. The minimum absolute atomic E-state index is 0.0619. The molecule has 11 heteroatoms. The van der Waals surface area contributed by atoms with Gasteiger partial charge in [-0.05, 0) is 19.2 Å². The highest BCUT2D eigenvalue weighted by atomic mass is 35.5. The quantitative estimate of drug-likeness (QED) is 0.810. The van der Waals surface area contributed by atoms with Crippen molar-refractivity contribution in [3.8, 4) is 0 Å². The Morgan fingerprint density at radius 3 is 2.50 bits per heavy atom. The minimum atomic E-state index is -4.11. The number of nitrogens with zero attached hydrogens (tertiary/aromatic N) is 1. The molecule has 0 saturated carbocycles. The van der Waals surface area contributed by atoms with E-state index >= 15 is 0 Å². The molecule has 1 aliphatic rings. The molecule has 0 fully saturated rings. The van der Waals surface area contributed by atoms with Gasteiger partial charge in [0, 0.05) is 7.05 Å². The second kappa shape index (κ2) is 4.58. The lowest BCUT2D eigenvalue weighted by atomic mass is 10.3. The average Bonchev–Trinajstić information content (AvgIpc) is 2.35. The Bertz CT molecular complexity index is 803. The van der Waals surface area contributed by atoms with Gasteiger partial charge in [0.2, 0.25) is 10.0 Å². The van der Waals surface area contributed by atoms with Gasteiger partial charge in [0.25, 0.3) is 10.0 Å². The molecule has 8 nitrogen and oxygen atoms in total. The van der Waals surface area contributed by atoms with Crippen molar-refractivity contribution in [2.75, 3.05) is 19.4 Å². The molecule has 2 amide bonds. The van der Waals surface area contributed by atoms with Crippen LogP contribution in [0.1, 0.15) is 0 Å². The number of halogens is 1. The first-order valence-corrected chi connectivity index (χ1v) is 8.48. The summed E-state index contributed by atoms with van der Waals surface area (Å²) >= 11 is 5.82. The summed E-state index contributed by atoms with van der Waals surface area (Å²) in [4.78, 5) is 10.8. The van der Waals surface area contributed by atoms with Gasteiger partial charge >= 0.3 is 6.03 Å². The van der Waals surface area contributed by atoms with Gasteiger partial charge < -0.3 is 5.32 Å². The first-order valence-electron chi connectivity index (χ1n) is 5.18. The summed E-state index contributed by atoms with van der Waals surface area (Å²) < 4.78 is 50.3. The van der Waals surface area contributed by atoms with E-state index in [0.717, 1.165) is 19.2 Å². The zero-order chi connectivity index (χ0) is 15.3. The highest BCUT2D eigenvalue weighted by Gasteiger charge is 2.35. The molecule has 2 rings (SSSR count). The van der Waals surface area contributed by atoms with Crippen LogP contribution in [0.25, 0.3) is 0 Å². The Morgan fingerprint density at radius 1 is 1.35 bits per heavy atom. The van der Waals surface area contributed by atoms with Crippen molar-refractivity contribution in [1.29, 1.82) is 0 Å².